The minimum absolute atomic E-state index is 0.0978. The Morgan fingerprint density at radius 3 is 2.65 bits per heavy atom. The molecular formula is C16H28N2O2. The number of carbonyl (C=O) groups excluding carboxylic acids is 1. The maximum absolute atomic E-state index is 11.9. The van der Waals surface area contributed by atoms with Crippen LogP contribution in [-0.2, 0) is 11.2 Å². The molecule has 0 saturated carbocycles. The van der Waals surface area contributed by atoms with Crippen molar-refractivity contribution in [1.29, 1.82) is 0 Å². The van der Waals surface area contributed by atoms with E-state index in [1.165, 1.54) is 0 Å². The molecule has 1 aromatic rings. The molecule has 0 aliphatic rings. The summed E-state index contributed by atoms with van der Waals surface area (Å²) in [4.78, 5) is 11.9. The highest BCUT2D eigenvalue weighted by molar-refractivity contribution is 5.76. The first-order chi connectivity index (χ1) is 9.52. The third kappa shape index (κ3) is 6.24. The molecule has 3 N–H and O–H groups in total. The number of carbonyl (C=O) groups is 1. The number of nitrogens with one attached hydrogen (secondary N) is 1. The fraction of sp³-hybridized carbons (Fsp3) is 0.688. The third-order valence-corrected chi connectivity index (χ3v) is 3.72. The van der Waals surface area contributed by atoms with Crippen LogP contribution in [0.5, 0.6) is 0 Å². The number of hydrogen-bond donors (Lipinski definition) is 2. The molecule has 0 radical (unpaired) electrons. The summed E-state index contributed by atoms with van der Waals surface area (Å²) in [5.74, 6) is 2.13. The summed E-state index contributed by atoms with van der Waals surface area (Å²) in [6, 6.07) is 3.89. The van der Waals surface area contributed by atoms with Crippen LogP contribution in [0.2, 0.25) is 0 Å². The van der Waals surface area contributed by atoms with Crippen LogP contribution in [0.15, 0.2) is 22.8 Å². The number of rotatable bonds is 9. The molecule has 2 unspecified atom stereocenters. The lowest BCUT2D eigenvalue weighted by Crippen LogP contribution is -2.34. The van der Waals surface area contributed by atoms with Gasteiger partial charge in [-0.25, -0.2) is 0 Å². The fourth-order valence-electron chi connectivity index (χ4n) is 2.47. The first kappa shape index (κ1) is 16.8. The molecular weight excluding hydrogens is 252 g/mol. The van der Waals surface area contributed by atoms with Gasteiger partial charge in [-0.15, -0.1) is 0 Å². The maximum Gasteiger partial charge on any atom is 0.220 e. The standard InChI is InChI=1S/C16H28N2O2/c1-12(2)14(8-9-17)6-7-16(19)18-13(3)11-15-5-4-10-20-15/h4-5,10,12-14H,6-9,11,17H2,1-3H3,(H,18,19). The van der Waals surface area contributed by atoms with Gasteiger partial charge in [-0.3, -0.25) is 4.79 Å². The summed E-state index contributed by atoms with van der Waals surface area (Å²) >= 11 is 0. The monoisotopic (exact) mass is 280 g/mol. The molecule has 0 saturated heterocycles. The van der Waals surface area contributed by atoms with Crippen LogP contribution in [-0.4, -0.2) is 18.5 Å². The predicted octanol–water partition coefficient (Wildman–Crippen LogP) is 2.73. The maximum atomic E-state index is 11.9. The van der Waals surface area contributed by atoms with Gasteiger partial charge in [0.25, 0.3) is 0 Å². The topological polar surface area (TPSA) is 68.3 Å². The number of hydrogen-bond acceptors (Lipinski definition) is 3. The van der Waals surface area contributed by atoms with Gasteiger partial charge < -0.3 is 15.5 Å². The highest BCUT2D eigenvalue weighted by atomic mass is 16.3. The van der Waals surface area contributed by atoms with E-state index in [1.807, 2.05) is 19.1 Å². The zero-order chi connectivity index (χ0) is 15.0. The van der Waals surface area contributed by atoms with E-state index in [0.717, 1.165) is 25.0 Å². The summed E-state index contributed by atoms with van der Waals surface area (Å²) in [5, 5.41) is 3.02. The van der Waals surface area contributed by atoms with Crippen molar-refractivity contribution in [3.63, 3.8) is 0 Å². The van der Waals surface area contributed by atoms with Crippen molar-refractivity contribution in [1.82, 2.24) is 5.32 Å². The molecule has 1 rings (SSSR count). The summed E-state index contributed by atoms with van der Waals surface area (Å²) in [6.45, 7) is 7.08. The molecule has 0 aliphatic carbocycles. The minimum Gasteiger partial charge on any atom is -0.469 e. The van der Waals surface area contributed by atoms with Crippen molar-refractivity contribution in [3.05, 3.63) is 24.2 Å². The van der Waals surface area contributed by atoms with E-state index >= 15 is 0 Å². The van der Waals surface area contributed by atoms with E-state index in [9.17, 15) is 4.79 Å². The highest BCUT2D eigenvalue weighted by Gasteiger charge is 2.15. The van der Waals surface area contributed by atoms with Gasteiger partial charge in [0.05, 0.1) is 6.26 Å². The smallest absolute Gasteiger partial charge is 0.220 e. The molecule has 20 heavy (non-hydrogen) atoms. The van der Waals surface area contributed by atoms with Gasteiger partial charge in [0, 0.05) is 18.9 Å². The Bertz CT molecular complexity index is 374. The van der Waals surface area contributed by atoms with Gasteiger partial charge in [-0.2, -0.15) is 0 Å². The van der Waals surface area contributed by atoms with Gasteiger partial charge in [0.1, 0.15) is 5.76 Å². The van der Waals surface area contributed by atoms with Gasteiger partial charge in [-0.1, -0.05) is 13.8 Å². The molecule has 1 amide bonds. The SMILES string of the molecule is CC(Cc1ccco1)NC(=O)CCC(CCN)C(C)C. The Kier molecular flexibility index (Phi) is 7.37. The highest BCUT2D eigenvalue weighted by Crippen LogP contribution is 2.20. The molecule has 2 atom stereocenters. The lowest BCUT2D eigenvalue weighted by atomic mass is 9.88. The molecule has 0 fully saturated rings. The number of amides is 1. The van der Waals surface area contributed by atoms with Crippen LogP contribution in [0.3, 0.4) is 0 Å². The Labute approximate surface area is 122 Å². The van der Waals surface area contributed by atoms with Crippen molar-refractivity contribution < 1.29 is 9.21 Å². The summed E-state index contributed by atoms with van der Waals surface area (Å²) in [6.07, 6.45) is 4.87. The van der Waals surface area contributed by atoms with E-state index < -0.39 is 0 Å². The first-order valence-electron chi connectivity index (χ1n) is 7.54. The van der Waals surface area contributed by atoms with Crippen LogP contribution in [0.1, 0.15) is 45.8 Å². The molecule has 0 bridgehead atoms. The molecule has 4 nitrogen and oxygen atoms in total. The molecule has 0 aromatic carbocycles. The molecule has 1 heterocycles. The average molecular weight is 280 g/mol. The molecule has 114 valence electrons. The van der Waals surface area contributed by atoms with E-state index in [-0.39, 0.29) is 11.9 Å². The van der Waals surface area contributed by atoms with Gasteiger partial charge in [-0.05, 0) is 50.3 Å². The van der Waals surface area contributed by atoms with E-state index in [0.29, 0.717) is 24.8 Å². The minimum atomic E-state index is 0.0978. The van der Waals surface area contributed by atoms with Crippen molar-refractivity contribution in [3.8, 4) is 0 Å². The normalized spacial score (nSPS) is 14.2. The average Bonchev–Trinajstić information content (AvgIpc) is 2.86. The third-order valence-electron chi connectivity index (χ3n) is 3.72. The summed E-state index contributed by atoms with van der Waals surface area (Å²) < 4.78 is 5.28. The second kappa shape index (κ2) is 8.80. The van der Waals surface area contributed by atoms with Crippen molar-refractivity contribution in [2.24, 2.45) is 17.6 Å². The van der Waals surface area contributed by atoms with E-state index in [1.54, 1.807) is 6.26 Å². The quantitative estimate of drug-likeness (QED) is 0.731. The number of nitrogens with two attached hydrogens (primary N) is 1. The largest absolute Gasteiger partial charge is 0.469 e. The van der Waals surface area contributed by atoms with Gasteiger partial charge in [0.2, 0.25) is 5.91 Å². The van der Waals surface area contributed by atoms with E-state index in [4.69, 9.17) is 10.2 Å². The lowest BCUT2D eigenvalue weighted by Gasteiger charge is -2.20. The van der Waals surface area contributed by atoms with Crippen molar-refractivity contribution in [2.75, 3.05) is 6.54 Å². The summed E-state index contributed by atoms with van der Waals surface area (Å²) in [5.41, 5.74) is 5.62. The van der Waals surface area contributed by atoms with E-state index in [2.05, 4.69) is 19.2 Å². The summed E-state index contributed by atoms with van der Waals surface area (Å²) in [7, 11) is 0. The van der Waals surface area contributed by atoms with Crippen molar-refractivity contribution in [2.45, 2.75) is 52.5 Å². The molecule has 1 aromatic heterocycles. The molecule has 0 spiro atoms. The Morgan fingerprint density at radius 2 is 2.10 bits per heavy atom. The first-order valence-corrected chi connectivity index (χ1v) is 7.54. The second-order valence-electron chi connectivity index (χ2n) is 5.87. The van der Waals surface area contributed by atoms with Crippen LogP contribution < -0.4 is 11.1 Å². The van der Waals surface area contributed by atoms with Crippen molar-refractivity contribution >= 4 is 5.91 Å². The predicted molar refractivity (Wildman–Crippen MR) is 81.3 cm³/mol. The van der Waals surface area contributed by atoms with Crippen LogP contribution >= 0.6 is 0 Å². The zero-order valence-electron chi connectivity index (χ0n) is 12.9. The lowest BCUT2D eigenvalue weighted by molar-refractivity contribution is -0.122. The number of furan rings is 1. The van der Waals surface area contributed by atoms with Crippen LogP contribution in [0, 0.1) is 11.8 Å². The second-order valence-corrected chi connectivity index (χ2v) is 5.87. The molecule has 4 heteroatoms. The zero-order valence-corrected chi connectivity index (χ0v) is 12.9. The molecule has 0 aliphatic heterocycles. The van der Waals surface area contributed by atoms with Crippen LogP contribution in [0.25, 0.3) is 0 Å². The fourth-order valence-corrected chi connectivity index (χ4v) is 2.47. The Hall–Kier alpha value is -1.29. The van der Waals surface area contributed by atoms with Gasteiger partial charge in [0.15, 0.2) is 0 Å². The Balaban J connectivity index is 2.28. The van der Waals surface area contributed by atoms with Crippen LogP contribution in [0.4, 0.5) is 0 Å². The Morgan fingerprint density at radius 1 is 1.35 bits per heavy atom. The van der Waals surface area contributed by atoms with Gasteiger partial charge >= 0.3 is 0 Å².